The number of nitrogens with two attached hydrogens (primary N) is 1. The maximum Gasteiger partial charge on any atom is 0.300 e. The van der Waals surface area contributed by atoms with Crippen LogP contribution in [-0.2, 0) is 19.6 Å². The minimum atomic E-state index is -3.97. The molecule has 11 heteroatoms. The molecular weight excluding hydrogens is 515 g/mol. The van der Waals surface area contributed by atoms with Crippen LogP contribution >= 0.6 is 23.2 Å². The standard InChI is InChI=1S/C24H18Cl2N2O6S/c1-34-23-17(11-14(25)12-18(23)26)21(29)19-20(13-5-3-2-4-6-13)28(24(31)22(19)30)15-7-9-16(10-8-15)35(27,32)33/h2-12,20,29H,1H3,(H2,27,32,33)/b21-19+. The highest BCUT2D eigenvalue weighted by atomic mass is 35.5. The molecule has 180 valence electrons. The van der Waals surface area contributed by atoms with E-state index < -0.39 is 33.5 Å². The highest BCUT2D eigenvalue weighted by Gasteiger charge is 2.47. The zero-order chi connectivity index (χ0) is 25.5. The van der Waals surface area contributed by atoms with Gasteiger partial charge in [-0.05, 0) is 42.0 Å². The van der Waals surface area contributed by atoms with Gasteiger partial charge in [0.25, 0.3) is 11.7 Å². The average Bonchev–Trinajstić information content (AvgIpc) is 3.08. The normalized spacial score (nSPS) is 17.6. The molecule has 0 radical (unpaired) electrons. The molecule has 35 heavy (non-hydrogen) atoms. The SMILES string of the molecule is COc1c(Cl)cc(Cl)cc1/C(O)=C1\C(=O)C(=O)N(c2ccc(S(N)(=O)=O)cc2)C1c1ccccc1. The molecule has 0 saturated carbocycles. The average molecular weight is 533 g/mol. The van der Waals surface area contributed by atoms with E-state index in [4.69, 9.17) is 33.1 Å². The molecular formula is C24H18Cl2N2O6S. The Morgan fingerprint density at radius 2 is 1.66 bits per heavy atom. The molecule has 1 saturated heterocycles. The van der Waals surface area contributed by atoms with Crippen molar-refractivity contribution in [1.82, 2.24) is 0 Å². The molecule has 4 rings (SSSR count). The van der Waals surface area contributed by atoms with Crippen molar-refractivity contribution in [2.75, 3.05) is 12.0 Å². The van der Waals surface area contributed by atoms with Crippen LogP contribution in [0.3, 0.4) is 0 Å². The molecule has 0 bridgehead atoms. The van der Waals surface area contributed by atoms with Gasteiger partial charge in [-0.15, -0.1) is 0 Å². The number of ketones is 1. The molecule has 3 N–H and O–H groups in total. The first-order valence-electron chi connectivity index (χ1n) is 10.1. The lowest BCUT2D eigenvalue weighted by Gasteiger charge is -2.25. The van der Waals surface area contributed by atoms with Crippen LogP contribution in [0.5, 0.6) is 5.75 Å². The first-order valence-corrected chi connectivity index (χ1v) is 12.4. The number of halogens is 2. The third kappa shape index (κ3) is 4.51. The van der Waals surface area contributed by atoms with Crippen LogP contribution in [0.25, 0.3) is 5.76 Å². The summed E-state index contributed by atoms with van der Waals surface area (Å²) in [6.45, 7) is 0. The molecule has 1 aliphatic heterocycles. The van der Waals surface area contributed by atoms with Crippen molar-refractivity contribution in [1.29, 1.82) is 0 Å². The summed E-state index contributed by atoms with van der Waals surface area (Å²) in [7, 11) is -2.63. The van der Waals surface area contributed by atoms with Crippen molar-refractivity contribution >= 4 is 56.4 Å². The van der Waals surface area contributed by atoms with Crippen LogP contribution in [0.2, 0.25) is 10.0 Å². The molecule has 1 aliphatic rings. The molecule has 1 unspecified atom stereocenters. The molecule has 3 aromatic carbocycles. The maximum absolute atomic E-state index is 13.3. The van der Waals surface area contributed by atoms with E-state index in [1.165, 1.54) is 48.4 Å². The molecule has 1 amide bonds. The molecule has 1 heterocycles. The highest BCUT2D eigenvalue weighted by molar-refractivity contribution is 7.89. The fourth-order valence-corrected chi connectivity index (χ4v) is 5.02. The van der Waals surface area contributed by atoms with E-state index >= 15 is 0 Å². The number of amides is 1. The first-order chi connectivity index (χ1) is 16.5. The Bertz CT molecular complexity index is 1470. The number of carbonyl (C=O) groups is 2. The van der Waals surface area contributed by atoms with Gasteiger partial charge in [-0.1, -0.05) is 53.5 Å². The van der Waals surface area contributed by atoms with Crippen LogP contribution in [0.1, 0.15) is 17.2 Å². The van der Waals surface area contributed by atoms with Crippen LogP contribution in [0.4, 0.5) is 5.69 Å². The number of ether oxygens (including phenoxy) is 1. The zero-order valence-electron chi connectivity index (χ0n) is 18.1. The van der Waals surface area contributed by atoms with Crippen molar-refractivity contribution in [3.05, 3.63) is 93.5 Å². The van der Waals surface area contributed by atoms with Crippen LogP contribution in [0, 0.1) is 0 Å². The summed E-state index contributed by atoms with van der Waals surface area (Å²) < 4.78 is 28.6. The van der Waals surface area contributed by atoms with Gasteiger partial charge in [0.1, 0.15) is 11.5 Å². The fourth-order valence-electron chi connectivity index (χ4n) is 3.93. The Morgan fingerprint density at radius 1 is 1.03 bits per heavy atom. The summed E-state index contributed by atoms with van der Waals surface area (Å²) in [4.78, 5) is 27.5. The number of nitrogens with zero attached hydrogens (tertiary/aromatic N) is 1. The van der Waals surface area contributed by atoms with E-state index in [1.807, 2.05) is 0 Å². The predicted molar refractivity (Wildman–Crippen MR) is 132 cm³/mol. The fraction of sp³-hybridized carbons (Fsp3) is 0.0833. The summed E-state index contributed by atoms with van der Waals surface area (Å²) in [5.41, 5.74) is 0.571. The quantitative estimate of drug-likeness (QED) is 0.287. The van der Waals surface area contributed by atoms with Crippen LogP contribution < -0.4 is 14.8 Å². The van der Waals surface area contributed by atoms with E-state index in [9.17, 15) is 23.1 Å². The van der Waals surface area contributed by atoms with Gasteiger partial charge in [-0.25, -0.2) is 13.6 Å². The van der Waals surface area contributed by atoms with Crippen molar-refractivity contribution in [3.63, 3.8) is 0 Å². The number of primary sulfonamides is 1. The number of hydrogen-bond donors (Lipinski definition) is 2. The number of aliphatic hydroxyl groups excluding tert-OH is 1. The Balaban J connectivity index is 1.97. The monoisotopic (exact) mass is 532 g/mol. The van der Waals surface area contributed by atoms with E-state index in [2.05, 4.69) is 0 Å². The Labute approximate surface area is 211 Å². The smallest absolute Gasteiger partial charge is 0.300 e. The molecule has 3 aromatic rings. The number of sulfonamides is 1. The summed E-state index contributed by atoms with van der Waals surface area (Å²) in [6, 6.07) is 15.5. The summed E-state index contributed by atoms with van der Waals surface area (Å²) >= 11 is 12.3. The second kappa shape index (κ2) is 9.35. The largest absolute Gasteiger partial charge is 0.507 e. The predicted octanol–water partition coefficient (Wildman–Crippen LogP) is 4.28. The number of anilines is 1. The van der Waals surface area contributed by atoms with Gasteiger partial charge in [-0.2, -0.15) is 0 Å². The number of Topliss-reactive ketones (excluding diaryl/α,β-unsaturated/α-hetero) is 1. The lowest BCUT2D eigenvalue weighted by molar-refractivity contribution is -0.132. The molecule has 1 fully saturated rings. The highest BCUT2D eigenvalue weighted by Crippen LogP contribution is 2.44. The zero-order valence-corrected chi connectivity index (χ0v) is 20.4. The minimum absolute atomic E-state index is 0.0357. The van der Waals surface area contributed by atoms with Crippen LogP contribution in [0.15, 0.2) is 77.2 Å². The van der Waals surface area contributed by atoms with Gasteiger partial charge in [-0.3, -0.25) is 14.5 Å². The number of methoxy groups -OCH3 is 1. The van der Waals surface area contributed by atoms with Crippen molar-refractivity contribution in [2.24, 2.45) is 5.14 Å². The minimum Gasteiger partial charge on any atom is -0.507 e. The molecule has 1 atom stereocenters. The topological polar surface area (TPSA) is 127 Å². The van der Waals surface area contributed by atoms with Crippen LogP contribution in [-0.4, -0.2) is 32.3 Å². The third-order valence-electron chi connectivity index (χ3n) is 5.47. The molecule has 0 spiro atoms. The van der Waals surface area contributed by atoms with Crippen molar-refractivity contribution < 1.29 is 27.9 Å². The second-order valence-electron chi connectivity index (χ2n) is 7.59. The number of rotatable bonds is 5. The molecule has 0 aromatic heterocycles. The second-order valence-corrected chi connectivity index (χ2v) is 9.99. The maximum atomic E-state index is 13.3. The number of aliphatic hydroxyl groups is 1. The third-order valence-corrected chi connectivity index (χ3v) is 6.90. The van der Waals surface area contributed by atoms with Gasteiger partial charge >= 0.3 is 0 Å². The number of carbonyl (C=O) groups excluding carboxylic acids is 2. The number of hydrogen-bond acceptors (Lipinski definition) is 6. The molecule has 0 aliphatic carbocycles. The lowest BCUT2D eigenvalue weighted by Crippen LogP contribution is -2.29. The summed E-state index contributed by atoms with van der Waals surface area (Å²) in [5, 5.41) is 16.8. The van der Waals surface area contributed by atoms with E-state index in [-0.39, 0.29) is 37.5 Å². The van der Waals surface area contributed by atoms with E-state index in [0.717, 1.165) is 0 Å². The van der Waals surface area contributed by atoms with Gasteiger partial charge < -0.3 is 9.84 Å². The van der Waals surface area contributed by atoms with Crippen molar-refractivity contribution in [3.8, 4) is 5.75 Å². The summed E-state index contributed by atoms with van der Waals surface area (Å²) in [5.74, 6) is -2.33. The Hall–Kier alpha value is -3.37. The first kappa shape index (κ1) is 24.7. The Kier molecular flexibility index (Phi) is 6.61. The van der Waals surface area contributed by atoms with Gasteiger partial charge in [0.2, 0.25) is 10.0 Å². The van der Waals surface area contributed by atoms with Crippen molar-refractivity contribution in [2.45, 2.75) is 10.9 Å². The Morgan fingerprint density at radius 3 is 2.23 bits per heavy atom. The van der Waals surface area contributed by atoms with Gasteiger partial charge in [0, 0.05) is 10.7 Å². The van der Waals surface area contributed by atoms with E-state index in [1.54, 1.807) is 30.3 Å². The molecule has 8 nitrogen and oxygen atoms in total. The summed E-state index contributed by atoms with van der Waals surface area (Å²) in [6.07, 6.45) is 0. The number of benzene rings is 3. The van der Waals surface area contributed by atoms with Gasteiger partial charge in [0.05, 0.1) is 34.2 Å². The van der Waals surface area contributed by atoms with E-state index in [0.29, 0.717) is 5.56 Å². The lowest BCUT2D eigenvalue weighted by atomic mass is 9.95. The van der Waals surface area contributed by atoms with Gasteiger partial charge in [0.15, 0.2) is 0 Å².